The van der Waals surface area contributed by atoms with Crippen LogP contribution >= 0.6 is 0 Å². The van der Waals surface area contributed by atoms with Gasteiger partial charge in [0.25, 0.3) is 0 Å². The summed E-state index contributed by atoms with van der Waals surface area (Å²) in [5.74, 6) is -3.87. The topological polar surface area (TPSA) is 115 Å². The van der Waals surface area contributed by atoms with E-state index in [2.05, 4.69) is 0 Å². The standard InChI is InChI=1S/C17H29NO6/c1-5-6-7-8-9-10-11-18(12(2)15(19)20,13(3)16(21)22)14(4)17(23)24/h5-6,12-14H,7-11H2,1-4H3,(H2-,19,20,21,22,23,24)/b6-5+. The number of unbranched alkanes of at least 4 members (excludes halogenated alkanes) is 3. The van der Waals surface area contributed by atoms with Crippen LogP contribution in [0.3, 0.4) is 0 Å². The zero-order valence-corrected chi connectivity index (χ0v) is 14.9. The highest BCUT2D eigenvalue weighted by Crippen LogP contribution is 2.27. The molecule has 0 amide bonds. The Morgan fingerprint density at radius 2 is 1.46 bits per heavy atom. The van der Waals surface area contributed by atoms with Gasteiger partial charge in [-0.1, -0.05) is 12.2 Å². The summed E-state index contributed by atoms with van der Waals surface area (Å²) in [6, 6.07) is -3.57. The molecular formula is C17H29NO6. The van der Waals surface area contributed by atoms with Gasteiger partial charge in [0.2, 0.25) is 0 Å². The van der Waals surface area contributed by atoms with Crippen LogP contribution in [0.5, 0.6) is 0 Å². The van der Waals surface area contributed by atoms with E-state index in [9.17, 15) is 29.7 Å². The maximum absolute atomic E-state index is 11.5. The van der Waals surface area contributed by atoms with E-state index in [-0.39, 0.29) is 6.54 Å². The molecule has 0 aromatic carbocycles. The van der Waals surface area contributed by atoms with Gasteiger partial charge in [-0.25, -0.2) is 9.59 Å². The molecule has 0 aliphatic heterocycles. The fourth-order valence-electron chi connectivity index (χ4n) is 3.19. The van der Waals surface area contributed by atoms with Crippen LogP contribution in [0, 0.1) is 0 Å². The number of hydrogen-bond acceptors (Lipinski definition) is 4. The zero-order chi connectivity index (χ0) is 18.9. The Morgan fingerprint density at radius 1 is 0.958 bits per heavy atom. The van der Waals surface area contributed by atoms with Crippen molar-refractivity contribution in [3.63, 3.8) is 0 Å². The Labute approximate surface area is 143 Å². The smallest absolute Gasteiger partial charge is 0.362 e. The molecule has 24 heavy (non-hydrogen) atoms. The summed E-state index contributed by atoms with van der Waals surface area (Å²) in [6.45, 7) is 6.13. The molecule has 0 aromatic rings. The highest BCUT2D eigenvalue weighted by Gasteiger charge is 2.50. The Hall–Kier alpha value is -1.89. The normalized spacial score (nSPS) is 17.8. The van der Waals surface area contributed by atoms with Gasteiger partial charge in [-0.05, 0) is 53.4 Å². The molecule has 3 atom stereocenters. The molecule has 0 spiro atoms. The van der Waals surface area contributed by atoms with Gasteiger partial charge in [-0.15, -0.1) is 0 Å². The molecule has 7 nitrogen and oxygen atoms in total. The molecule has 3 unspecified atom stereocenters. The second-order valence-corrected chi connectivity index (χ2v) is 6.16. The second kappa shape index (κ2) is 10.1. The van der Waals surface area contributed by atoms with Crippen LogP contribution in [-0.2, 0) is 14.4 Å². The molecule has 0 aliphatic carbocycles. The molecule has 0 radical (unpaired) electrons. The molecule has 7 heteroatoms. The SMILES string of the molecule is C/C=C/CCCCC[N+](C(C)C(=O)[O-])(C(C)C(=O)O)C(C)C(=O)O. The molecule has 0 heterocycles. The lowest BCUT2D eigenvalue weighted by Gasteiger charge is -2.49. The number of rotatable bonds is 12. The van der Waals surface area contributed by atoms with Crippen molar-refractivity contribution in [2.75, 3.05) is 6.54 Å². The average molecular weight is 343 g/mol. The second-order valence-electron chi connectivity index (χ2n) is 6.16. The number of carbonyl (C=O) groups is 3. The number of aliphatic carboxylic acids is 3. The molecule has 0 saturated carbocycles. The minimum absolute atomic E-state index is 0.159. The van der Waals surface area contributed by atoms with Crippen LogP contribution in [0.25, 0.3) is 0 Å². The molecule has 0 bridgehead atoms. The first-order valence-corrected chi connectivity index (χ1v) is 8.27. The Morgan fingerprint density at radius 3 is 1.83 bits per heavy atom. The van der Waals surface area contributed by atoms with E-state index in [1.807, 2.05) is 19.1 Å². The van der Waals surface area contributed by atoms with Gasteiger partial charge in [0.15, 0.2) is 12.1 Å². The molecular weight excluding hydrogens is 314 g/mol. The predicted octanol–water partition coefficient (Wildman–Crippen LogP) is 1.02. The van der Waals surface area contributed by atoms with Crippen LogP contribution in [0.15, 0.2) is 12.2 Å². The Kier molecular flexibility index (Phi) is 9.28. The zero-order valence-electron chi connectivity index (χ0n) is 14.9. The lowest BCUT2D eigenvalue weighted by Crippen LogP contribution is -2.72. The van der Waals surface area contributed by atoms with Gasteiger partial charge in [-0.2, -0.15) is 0 Å². The molecule has 2 N–H and O–H groups in total. The average Bonchev–Trinajstić information content (AvgIpc) is 2.52. The highest BCUT2D eigenvalue weighted by atomic mass is 16.4. The monoisotopic (exact) mass is 343 g/mol. The van der Waals surface area contributed by atoms with E-state index in [0.29, 0.717) is 6.42 Å². The number of hydrogen-bond donors (Lipinski definition) is 2. The van der Waals surface area contributed by atoms with Crippen molar-refractivity contribution in [3.05, 3.63) is 12.2 Å². The minimum atomic E-state index is -1.44. The van der Waals surface area contributed by atoms with Crippen molar-refractivity contribution >= 4 is 17.9 Å². The summed E-state index contributed by atoms with van der Waals surface area (Å²) in [5.41, 5.74) is 0. The molecule has 0 rings (SSSR count). The lowest BCUT2D eigenvalue weighted by atomic mass is 10.0. The van der Waals surface area contributed by atoms with Gasteiger partial charge in [0.1, 0.15) is 6.04 Å². The summed E-state index contributed by atoms with van der Waals surface area (Å²) in [5, 5.41) is 30.3. The highest BCUT2D eigenvalue weighted by molar-refractivity contribution is 5.76. The van der Waals surface area contributed by atoms with Gasteiger partial charge in [-0.3, -0.25) is 4.48 Å². The number of quaternary nitrogens is 1. The Bertz CT molecular complexity index is 423. The quantitative estimate of drug-likeness (QED) is 0.311. The third-order valence-electron chi connectivity index (χ3n) is 4.87. The van der Waals surface area contributed by atoms with Crippen LogP contribution in [-0.4, -0.2) is 57.3 Å². The van der Waals surface area contributed by atoms with E-state index in [1.54, 1.807) is 0 Å². The van der Waals surface area contributed by atoms with Crippen LogP contribution in [0.4, 0.5) is 0 Å². The number of carboxylic acid groups (broad SMARTS) is 3. The maximum Gasteiger partial charge on any atom is 0.362 e. The molecule has 0 aliphatic rings. The molecule has 0 saturated heterocycles. The van der Waals surface area contributed by atoms with E-state index in [4.69, 9.17) is 0 Å². The third-order valence-corrected chi connectivity index (χ3v) is 4.87. The summed E-state index contributed by atoms with van der Waals surface area (Å²) >= 11 is 0. The van der Waals surface area contributed by atoms with E-state index in [1.165, 1.54) is 20.8 Å². The van der Waals surface area contributed by atoms with Gasteiger partial charge in [0.05, 0.1) is 12.5 Å². The molecule has 0 aromatic heterocycles. The first-order valence-electron chi connectivity index (χ1n) is 8.27. The van der Waals surface area contributed by atoms with Crippen molar-refractivity contribution in [2.45, 2.75) is 71.5 Å². The van der Waals surface area contributed by atoms with Gasteiger partial charge < -0.3 is 20.1 Å². The molecule has 0 fully saturated rings. The van der Waals surface area contributed by atoms with Crippen LogP contribution in [0.2, 0.25) is 0 Å². The predicted molar refractivity (Wildman–Crippen MR) is 87.1 cm³/mol. The van der Waals surface area contributed by atoms with Crippen LogP contribution in [0.1, 0.15) is 53.4 Å². The maximum atomic E-state index is 11.5. The van der Waals surface area contributed by atoms with Crippen molar-refractivity contribution < 1.29 is 34.2 Å². The minimum Gasteiger partial charge on any atom is -0.544 e. The van der Waals surface area contributed by atoms with Crippen molar-refractivity contribution in [3.8, 4) is 0 Å². The van der Waals surface area contributed by atoms with E-state index < -0.39 is 40.5 Å². The third kappa shape index (κ3) is 5.33. The fourth-order valence-corrected chi connectivity index (χ4v) is 3.19. The number of allylic oxidation sites excluding steroid dienone is 2. The summed E-state index contributed by atoms with van der Waals surface area (Å²) in [7, 11) is 0. The summed E-state index contributed by atoms with van der Waals surface area (Å²) in [6.07, 6.45) is 7.04. The lowest BCUT2D eigenvalue weighted by molar-refractivity contribution is -0.969. The number of carbonyl (C=O) groups excluding carboxylic acids is 1. The largest absolute Gasteiger partial charge is 0.544 e. The van der Waals surface area contributed by atoms with Crippen molar-refractivity contribution in [1.82, 2.24) is 0 Å². The van der Waals surface area contributed by atoms with Crippen molar-refractivity contribution in [1.29, 1.82) is 0 Å². The number of nitrogens with zero attached hydrogens (tertiary/aromatic N) is 1. The number of carboxylic acids is 3. The fraction of sp³-hybridized carbons (Fsp3) is 0.706. The first-order chi connectivity index (χ1) is 11.1. The van der Waals surface area contributed by atoms with E-state index in [0.717, 1.165) is 19.3 Å². The van der Waals surface area contributed by atoms with E-state index >= 15 is 0 Å². The summed E-state index contributed by atoms with van der Waals surface area (Å²) < 4.78 is -0.559. The summed E-state index contributed by atoms with van der Waals surface area (Å²) in [4.78, 5) is 34.5. The Balaban J connectivity index is 5.53. The first kappa shape index (κ1) is 22.1. The van der Waals surface area contributed by atoms with Gasteiger partial charge >= 0.3 is 11.9 Å². The van der Waals surface area contributed by atoms with Crippen molar-refractivity contribution in [2.24, 2.45) is 0 Å². The molecule has 138 valence electrons. The van der Waals surface area contributed by atoms with Gasteiger partial charge in [0, 0.05) is 0 Å². The van der Waals surface area contributed by atoms with Crippen LogP contribution < -0.4 is 5.11 Å².